The molecule has 1 N–H and O–H groups in total. The molecule has 0 atom stereocenters. The van der Waals surface area contributed by atoms with Gasteiger partial charge in [-0.2, -0.15) is 0 Å². The molecule has 0 heterocycles. The average Bonchev–Trinajstić information content (AvgIpc) is 2.73. The van der Waals surface area contributed by atoms with E-state index in [0.717, 1.165) is 35.9 Å². The van der Waals surface area contributed by atoms with Gasteiger partial charge in [0.1, 0.15) is 30.5 Å². The first kappa shape index (κ1) is 18.6. The fraction of sp³-hybridized carbons (Fsp3) is 0.217. The summed E-state index contributed by atoms with van der Waals surface area (Å²) in [6, 6.07) is 25.9. The van der Waals surface area contributed by atoms with E-state index in [1.165, 1.54) is 5.56 Å². The van der Waals surface area contributed by atoms with Gasteiger partial charge in [-0.15, -0.1) is 0 Å². The van der Waals surface area contributed by atoms with Crippen LogP contribution in [-0.2, 0) is 6.42 Å². The molecule has 0 spiro atoms. The molecule has 140 valence electrons. The molecule has 0 saturated heterocycles. The number of anilines is 1. The predicted molar refractivity (Wildman–Crippen MR) is 109 cm³/mol. The standard InChI is InChI=1S/C23H25NO3/c1-25-20-13-11-19(12-14-20)15-16-24-22-9-5-6-10-23(22)27-18-17-26-21-7-3-2-4-8-21/h2-14,24H,15-18H2,1H3. The van der Waals surface area contributed by atoms with Gasteiger partial charge in [-0.05, 0) is 48.4 Å². The molecule has 4 heteroatoms. The Morgan fingerprint density at radius 1 is 0.704 bits per heavy atom. The van der Waals surface area contributed by atoms with E-state index in [1.807, 2.05) is 66.7 Å². The molecule has 0 aliphatic rings. The second-order valence-electron chi connectivity index (χ2n) is 6.03. The molecule has 3 rings (SSSR count). The first-order chi connectivity index (χ1) is 13.3. The Morgan fingerprint density at radius 3 is 2.19 bits per heavy atom. The normalized spacial score (nSPS) is 10.3. The number of ether oxygens (including phenoxy) is 3. The van der Waals surface area contributed by atoms with Gasteiger partial charge in [-0.3, -0.25) is 0 Å². The monoisotopic (exact) mass is 363 g/mol. The van der Waals surface area contributed by atoms with Crippen molar-refractivity contribution in [2.24, 2.45) is 0 Å². The van der Waals surface area contributed by atoms with Gasteiger partial charge in [0.25, 0.3) is 0 Å². The Balaban J connectivity index is 1.45. The summed E-state index contributed by atoms with van der Waals surface area (Å²) in [7, 11) is 1.68. The molecule has 27 heavy (non-hydrogen) atoms. The zero-order valence-electron chi connectivity index (χ0n) is 15.6. The maximum absolute atomic E-state index is 5.89. The highest BCUT2D eigenvalue weighted by Gasteiger charge is 2.03. The highest BCUT2D eigenvalue weighted by atomic mass is 16.5. The molecular weight excluding hydrogens is 338 g/mol. The maximum Gasteiger partial charge on any atom is 0.142 e. The Hall–Kier alpha value is -3.14. The van der Waals surface area contributed by atoms with E-state index in [4.69, 9.17) is 14.2 Å². The van der Waals surface area contributed by atoms with Gasteiger partial charge in [-0.1, -0.05) is 42.5 Å². The summed E-state index contributed by atoms with van der Waals surface area (Å²) in [5.74, 6) is 2.57. The van der Waals surface area contributed by atoms with Gasteiger partial charge in [-0.25, -0.2) is 0 Å². The lowest BCUT2D eigenvalue weighted by molar-refractivity contribution is 0.218. The molecule has 0 bridgehead atoms. The van der Waals surface area contributed by atoms with Gasteiger partial charge < -0.3 is 19.5 Å². The first-order valence-corrected chi connectivity index (χ1v) is 9.11. The summed E-state index contributed by atoms with van der Waals surface area (Å²) in [6.07, 6.45) is 0.926. The number of para-hydroxylation sites is 3. The number of hydrogen-bond donors (Lipinski definition) is 1. The van der Waals surface area contributed by atoms with Crippen LogP contribution in [0.1, 0.15) is 5.56 Å². The largest absolute Gasteiger partial charge is 0.497 e. The van der Waals surface area contributed by atoms with Crippen LogP contribution < -0.4 is 19.5 Å². The molecule has 0 unspecified atom stereocenters. The third-order valence-electron chi connectivity index (χ3n) is 4.13. The maximum atomic E-state index is 5.89. The van der Waals surface area contributed by atoms with Gasteiger partial charge in [0.15, 0.2) is 0 Å². The minimum absolute atomic E-state index is 0.492. The molecule has 0 aliphatic carbocycles. The zero-order valence-corrected chi connectivity index (χ0v) is 15.6. The molecule has 0 aliphatic heterocycles. The van der Waals surface area contributed by atoms with E-state index in [9.17, 15) is 0 Å². The molecule has 0 fully saturated rings. The number of nitrogens with one attached hydrogen (secondary N) is 1. The fourth-order valence-electron chi connectivity index (χ4n) is 2.70. The SMILES string of the molecule is COc1ccc(CCNc2ccccc2OCCOc2ccccc2)cc1. The Labute approximate surface area is 160 Å². The lowest BCUT2D eigenvalue weighted by Crippen LogP contribution is -2.11. The van der Waals surface area contributed by atoms with Gasteiger partial charge in [0, 0.05) is 6.54 Å². The van der Waals surface area contributed by atoms with Crippen LogP contribution >= 0.6 is 0 Å². The van der Waals surface area contributed by atoms with Crippen molar-refractivity contribution in [1.29, 1.82) is 0 Å². The van der Waals surface area contributed by atoms with Crippen LogP contribution in [0.15, 0.2) is 78.9 Å². The van der Waals surface area contributed by atoms with Crippen LogP contribution in [0.3, 0.4) is 0 Å². The van der Waals surface area contributed by atoms with Crippen molar-refractivity contribution < 1.29 is 14.2 Å². The van der Waals surface area contributed by atoms with Gasteiger partial charge in [0.2, 0.25) is 0 Å². The minimum Gasteiger partial charge on any atom is -0.497 e. The quantitative estimate of drug-likeness (QED) is 0.525. The van der Waals surface area contributed by atoms with Crippen molar-refractivity contribution in [3.63, 3.8) is 0 Å². The van der Waals surface area contributed by atoms with Crippen molar-refractivity contribution in [3.05, 3.63) is 84.4 Å². The van der Waals surface area contributed by atoms with Crippen LogP contribution in [0.25, 0.3) is 0 Å². The topological polar surface area (TPSA) is 39.7 Å². The van der Waals surface area contributed by atoms with E-state index in [0.29, 0.717) is 13.2 Å². The zero-order chi connectivity index (χ0) is 18.7. The molecule has 0 aromatic heterocycles. The fourth-order valence-corrected chi connectivity index (χ4v) is 2.70. The number of rotatable bonds is 10. The van der Waals surface area contributed by atoms with E-state index >= 15 is 0 Å². The highest BCUT2D eigenvalue weighted by molar-refractivity contribution is 5.56. The molecule has 0 saturated carbocycles. The number of benzene rings is 3. The third kappa shape index (κ3) is 5.96. The smallest absolute Gasteiger partial charge is 0.142 e. The lowest BCUT2D eigenvalue weighted by Gasteiger charge is -2.14. The Morgan fingerprint density at radius 2 is 1.41 bits per heavy atom. The summed E-state index contributed by atoms with van der Waals surface area (Å²) < 4.78 is 16.7. The summed E-state index contributed by atoms with van der Waals surface area (Å²) in [5, 5.41) is 3.45. The predicted octanol–water partition coefficient (Wildman–Crippen LogP) is 4.81. The first-order valence-electron chi connectivity index (χ1n) is 9.11. The Kier molecular flexibility index (Phi) is 6.99. The van der Waals surface area contributed by atoms with E-state index in [1.54, 1.807) is 7.11 Å². The van der Waals surface area contributed by atoms with E-state index in [-0.39, 0.29) is 0 Å². The lowest BCUT2D eigenvalue weighted by atomic mass is 10.1. The molecule has 0 amide bonds. The van der Waals surface area contributed by atoms with Crippen LogP contribution in [0.4, 0.5) is 5.69 Å². The van der Waals surface area contributed by atoms with Gasteiger partial charge >= 0.3 is 0 Å². The minimum atomic E-state index is 0.492. The highest BCUT2D eigenvalue weighted by Crippen LogP contribution is 2.23. The third-order valence-corrected chi connectivity index (χ3v) is 4.13. The molecule has 3 aromatic carbocycles. The van der Waals surface area contributed by atoms with E-state index in [2.05, 4.69) is 17.4 Å². The molecule has 3 aromatic rings. The van der Waals surface area contributed by atoms with Crippen LogP contribution in [-0.4, -0.2) is 26.9 Å². The van der Waals surface area contributed by atoms with Crippen molar-refractivity contribution >= 4 is 5.69 Å². The van der Waals surface area contributed by atoms with Crippen LogP contribution in [0.2, 0.25) is 0 Å². The van der Waals surface area contributed by atoms with Crippen molar-refractivity contribution in [1.82, 2.24) is 0 Å². The van der Waals surface area contributed by atoms with Crippen LogP contribution in [0.5, 0.6) is 17.2 Å². The van der Waals surface area contributed by atoms with Crippen molar-refractivity contribution in [2.75, 3.05) is 32.2 Å². The molecule has 4 nitrogen and oxygen atoms in total. The molecular formula is C23H25NO3. The second-order valence-corrected chi connectivity index (χ2v) is 6.03. The number of methoxy groups -OCH3 is 1. The summed E-state index contributed by atoms with van der Waals surface area (Å²) in [4.78, 5) is 0. The summed E-state index contributed by atoms with van der Waals surface area (Å²) in [6.45, 7) is 1.82. The summed E-state index contributed by atoms with van der Waals surface area (Å²) in [5.41, 5.74) is 2.25. The van der Waals surface area contributed by atoms with Crippen molar-refractivity contribution in [3.8, 4) is 17.2 Å². The second kappa shape index (κ2) is 10.1. The van der Waals surface area contributed by atoms with Crippen molar-refractivity contribution in [2.45, 2.75) is 6.42 Å². The number of hydrogen-bond acceptors (Lipinski definition) is 4. The van der Waals surface area contributed by atoms with Crippen LogP contribution in [0, 0.1) is 0 Å². The molecule has 0 radical (unpaired) electrons. The van der Waals surface area contributed by atoms with Gasteiger partial charge in [0.05, 0.1) is 12.8 Å². The van der Waals surface area contributed by atoms with E-state index < -0.39 is 0 Å². The summed E-state index contributed by atoms with van der Waals surface area (Å²) >= 11 is 0. The average molecular weight is 363 g/mol. The Bertz CT molecular complexity index is 803.